The van der Waals surface area contributed by atoms with Crippen LogP contribution in [0.5, 0.6) is 0 Å². The maximum atomic E-state index is 11.1. The van der Waals surface area contributed by atoms with Crippen molar-refractivity contribution < 1.29 is 64.2 Å². The number of rotatable bonds is 9. The first kappa shape index (κ1) is 34.2. The molecule has 18 heteroatoms. The van der Waals surface area contributed by atoms with E-state index >= 15 is 0 Å². The molecule has 1 saturated carbocycles. The molecular formula is C24H47N5O13. The van der Waals surface area contributed by atoms with E-state index in [0.717, 1.165) is 0 Å². The minimum atomic E-state index is -1.59. The molecule has 1 aliphatic carbocycles. The maximum absolute atomic E-state index is 11.1. The van der Waals surface area contributed by atoms with Crippen LogP contribution >= 0.6 is 0 Å². The topological polar surface area (TPSA) is 327 Å². The summed E-state index contributed by atoms with van der Waals surface area (Å²) in [5, 5.41) is 73.2. The molecule has 3 saturated heterocycles. The Morgan fingerprint density at radius 2 is 1.10 bits per heavy atom. The van der Waals surface area contributed by atoms with Gasteiger partial charge in [-0.25, -0.2) is 0 Å². The van der Waals surface area contributed by atoms with E-state index < -0.39 is 123 Å². The quantitative estimate of drug-likeness (QED) is 0.115. The van der Waals surface area contributed by atoms with Crippen molar-refractivity contribution in [3.05, 3.63) is 0 Å². The summed E-state index contributed by atoms with van der Waals surface area (Å²) in [5.74, 6) is 0. The van der Waals surface area contributed by atoms with Gasteiger partial charge in [-0.15, -0.1) is 0 Å². The van der Waals surface area contributed by atoms with Gasteiger partial charge < -0.3 is 92.8 Å². The number of nitrogens with two attached hydrogens (primary N) is 5. The summed E-state index contributed by atoms with van der Waals surface area (Å²) >= 11 is 0. The highest BCUT2D eigenvalue weighted by Gasteiger charge is 2.54. The Morgan fingerprint density at radius 3 is 1.64 bits per heavy atom. The van der Waals surface area contributed by atoms with Crippen molar-refractivity contribution in [1.82, 2.24) is 0 Å². The van der Waals surface area contributed by atoms with E-state index in [1.165, 1.54) is 0 Å². The number of hydrogen-bond donors (Lipinski definition) is 12. The van der Waals surface area contributed by atoms with Gasteiger partial charge in [-0.05, 0) is 12.8 Å². The summed E-state index contributed by atoms with van der Waals surface area (Å²) in [5.41, 5.74) is 30.1. The SMILES string of the molecule is CC[C@H]1O[C@H](O[C@H]2[C@H](O[C@@H]3O[C@H](CO)[C@@H](OC4O[C@@H](CN)[C@@H](O)[C@H](O)[C@H]4N)[C@H]3O)[C@@H](O)[C@H](N)C[C@@H]2N)[C@H](N)[C@@H](O)[C@@H]1O. The first-order valence-electron chi connectivity index (χ1n) is 14.2. The summed E-state index contributed by atoms with van der Waals surface area (Å²) in [6, 6.07) is -4.07. The Hall–Kier alpha value is -0.720. The van der Waals surface area contributed by atoms with Gasteiger partial charge in [-0.2, -0.15) is 0 Å². The summed E-state index contributed by atoms with van der Waals surface area (Å²) in [4.78, 5) is 0. The summed E-state index contributed by atoms with van der Waals surface area (Å²) in [7, 11) is 0. The van der Waals surface area contributed by atoms with Crippen molar-refractivity contribution in [1.29, 1.82) is 0 Å². The fourth-order valence-electron chi connectivity index (χ4n) is 5.89. The first-order valence-corrected chi connectivity index (χ1v) is 14.2. The van der Waals surface area contributed by atoms with Gasteiger partial charge in [0.05, 0.1) is 30.9 Å². The minimum Gasteiger partial charge on any atom is -0.394 e. The van der Waals surface area contributed by atoms with E-state index in [1.807, 2.05) is 0 Å². The predicted molar refractivity (Wildman–Crippen MR) is 140 cm³/mol. The average Bonchev–Trinajstić information content (AvgIpc) is 3.27. The van der Waals surface area contributed by atoms with Crippen LogP contribution in [0.25, 0.3) is 0 Å². The van der Waals surface area contributed by atoms with Crippen LogP contribution in [-0.4, -0.2) is 165 Å². The summed E-state index contributed by atoms with van der Waals surface area (Å²) in [6.45, 7) is 0.952. The monoisotopic (exact) mass is 613 g/mol. The fourth-order valence-corrected chi connectivity index (χ4v) is 5.89. The molecule has 0 radical (unpaired) electrons. The molecule has 1 unspecified atom stereocenters. The number of ether oxygens (including phenoxy) is 6. The van der Waals surface area contributed by atoms with Crippen LogP contribution in [0.4, 0.5) is 0 Å². The largest absolute Gasteiger partial charge is 0.394 e. The highest BCUT2D eigenvalue weighted by molar-refractivity contribution is 5.02. The highest BCUT2D eigenvalue weighted by Crippen LogP contribution is 2.34. The lowest BCUT2D eigenvalue weighted by Gasteiger charge is -2.47. The first-order chi connectivity index (χ1) is 19.8. The standard InChI is InChI=1S/C24H47N5O13/c1-2-8-14(32)16(34)11(28)22(37-8)40-19-7(27)3-6(26)13(31)21(19)42-24-18(36)20(10(5-30)39-24)41-23-12(29)17(35)15(33)9(4-25)38-23/h6-24,30-36H,2-5,25-29H2,1H3/t6-,7+,8-,9+,10-,11-,12-,13+,14-,15-,16-,17-,18-,19-,20-,21-,22-,23?,24+/m1/s1. The zero-order chi connectivity index (χ0) is 31.0. The molecule has 19 atom stereocenters. The third-order valence-corrected chi connectivity index (χ3v) is 8.54. The average molecular weight is 614 g/mol. The highest BCUT2D eigenvalue weighted by atomic mass is 16.8. The van der Waals surface area contributed by atoms with Gasteiger partial charge in [-0.1, -0.05) is 6.92 Å². The normalized spacial score (nSPS) is 53.8. The predicted octanol–water partition coefficient (Wildman–Crippen LogP) is -7.44. The van der Waals surface area contributed by atoms with Crippen LogP contribution in [0.3, 0.4) is 0 Å². The zero-order valence-electron chi connectivity index (χ0n) is 23.3. The summed E-state index contributed by atoms with van der Waals surface area (Å²) in [6.07, 6.45) is -18.7. The Labute approximate surface area is 242 Å². The van der Waals surface area contributed by atoms with Gasteiger partial charge in [-0.3, -0.25) is 0 Å². The van der Waals surface area contributed by atoms with E-state index in [2.05, 4.69) is 0 Å². The van der Waals surface area contributed by atoms with Crippen LogP contribution in [0.15, 0.2) is 0 Å². The van der Waals surface area contributed by atoms with Crippen molar-refractivity contribution in [2.45, 2.75) is 136 Å². The second kappa shape index (κ2) is 14.1. The Morgan fingerprint density at radius 1 is 0.595 bits per heavy atom. The van der Waals surface area contributed by atoms with Crippen molar-refractivity contribution in [3.63, 3.8) is 0 Å². The molecule has 4 aliphatic rings. The van der Waals surface area contributed by atoms with Crippen LogP contribution in [0, 0.1) is 0 Å². The molecule has 3 aliphatic heterocycles. The third kappa shape index (κ3) is 6.62. The molecule has 42 heavy (non-hydrogen) atoms. The third-order valence-electron chi connectivity index (χ3n) is 8.54. The van der Waals surface area contributed by atoms with Gasteiger partial charge in [0.1, 0.15) is 61.0 Å². The van der Waals surface area contributed by atoms with Gasteiger partial charge in [0.2, 0.25) is 0 Å². The number of aliphatic hydroxyl groups is 7. The second-order valence-corrected chi connectivity index (χ2v) is 11.4. The molecule has 246 valence electrons. The van der Waals surface area contributed by atoms with Crippen LogP contribution < -0.4 is 28.7 Å². The van der Waals surface area contributed by atoms with Gasteiger partial charge >= 0.3 is 0 Å². The van der Waals surface area contributed by atoms with E-state index in [9.17, 15) is 35.7 Å². The lowest BCUT2D eigenvalue weighted by molar-refractivity contribution is -0.308. The number of hydrogen-bond acceptors (Lipinski definition) is 18. The molecule has 0 bridgehead atoms. The molecule has 0 amide bonds. The van der Waals surface area contributed by atoms with E-state index in [1.54, 1.807) is 6.92 Å². The Kier molecular flexibility index (Phi) is 11.5. The smallest absolute Gasteiger partial charge is 0.187 e. The Balaban J connectivity index is 1.50. The fraction of sp³-hybridized carbons (Fsp3) is 1.00. The van der Waals surface area contributed by atoms with E-state index in [-0.39, 0.29) is 13.0 Å². The zero-order valence-corrected chi connectivity index (χ0v) is 23.3. The molecule has 0 aromatic carbocycles. The van der Waals surface area contributed by atoms with Gasteiger partial charge in [0.25, 0.3) is 0 Å². The molecule has 0 spiro atoms. The summed E-state index contributed by atoms with van der Waals surface area (Å²) < 4.78 is 34.9. The maximum Gasteiger partial charge on any atom is 0.187 e. The molecule has 0 aromatic heterocycles. The second-order valence-electron chi connectivity index (χ2n) is 11.4. The molecular weight excluding hydrogens is 566 g/mol. The molecule has 4 rings (SSSR count). The Bertz CT molecular complexity index is 866. The molecule has 0 aromatic rings. The lowest BCUT2D eigenvalue weighted by atomic mass is 9.84. The van der Waals surface area contributed by atoms with Gasteiger partial charge in [0, 0.05) is 18.6 Å². The molecule has 4 fully saturated rings. The number of aliphatic hydroxyl groups excluding tert-OH is 7. The van der Waals surface area contributed by atoms with Crippen molar-refractivity contribution in [2.24, 2.45) is 28.7 Å². The van der Waals surface area contributed by atoms with Crippen molar-refractivity contribution in [3.8, 4) is 0 Å². The molecule has 3 heterocycles. The minimum absolute atomic E-state index is 0.114. The van der Waals surface area contributed by atoms with Gasteiger partial charge in [0.15, 0.2) is 18.9 Å². The van der Waals surface area contributed by atoms with E-state index in [4.69, 9.17) is 57.1 Å². The molecule has 17 N–H and O–H groups in total. The van der Waals surface area contributed by atoms with Crippen molar-refractivity contribution in [2.75, 3.05) is 13.2 Å². The van der Waals surface area contributed by atoms with E-state index in [0.29, 0.717) is 6.42 Å². The molecule has 18 nitrogen and oxygen atoms in total. The van der Waals surface area contributed by atoms with Crippen LogP contribution in [-0.2, 0) is 28.4 Å². The lowest BCUT2D eigenvalue weighted by Crippen LogP contribution is -2.67. The van der Waals surface area contributed by atoms with Crippen LogP contribution in [0.2, 0.25) is 0 Å². The van der Waals surface area contributed by atoms with Crippen molar-refractivity contribution >= 4 is 0 Å². The van der Waals surface area contributed by atoms with Crippen LogP contribution in [0.1, 0.15) is 19.8 Å².